The smallest absolute Gasteiger partial charge is 0.257 e. The average molecular weight is 405 g/mol. The molecule has 0 spiro atoms. The molecule has 3 rings (SSSR count). The molecule has 0 aliphatic carbocycles. The van der Waals surface area contributed by atoms with Gasteiger partial charge in [-0.3, -0.25) is 9.59 Å². The molecular formula is C21H22F3N3O2. The van der Waals surface area contributed by atoms with Crippen molar-refractivity contribution in [3.63, 3.8) is 0 Å². The fraction of sp³-hybridized carbons (Fsp3) is 0.333. The molecule has 29 heavy (non-hydrogen) atoms. The third-order valence-electron chi connectivity index (χ3n) is 4.97. The van der Waals surface area contributed by atoms with Crippen LogP contribution in [-0.4, -0.2) is 61.9 Å². The van der Waals surface area contributed by atoms with Crippen LogP contribution in [0.4, 0.5) is 18.9 Å². The van der Waals surface area contributed by atoms with Crippen LogP contribution in [-0.2, 0) is 0 Å². The zero-order valence-corrected chi connectivity index (χ0v) is 16.3. The largest absolute Gasteiger partial charge is 0.378 e. The van der Waals surface area contributed by atoms with Crippen LogP contribution in [0.2, 0.25) is 0 Å². The molecule has 0 aromatic heterocycles. The molecule has 8 heteroatoms. The Morgan fingerprint density at radius 2 is 1.38 bits per heavy atom. The number of benzene rings is 2. The van der Waals surface area contributed by atoms with E-state index in [1.54, 1.807) is 17.0 Å². The molecule has 1 aliphatic rings. The first-order valence-electron chi connectivity index (χ1n) is 9.29. The minimum atomic E-state index is -1.66. The summed E-state index contributed by atoms with van der Waals surface area (Å²) in [7, 11) is 3.82. The minimum absolute atomic E-state index is 0.149. The van der Waals surface area contributed by atoms with Crippen molar-refractivity contribution in [1.29, 1.82) is 0 Å². The monoisotopic (exact) mass is 405 g/mol. The maximum absolute atomic E-state index is 14.0. The van der Waals surface area contributed by atoms with E-state index >= 15 is 0 Å². The van der Waals surface area contributed by atoms with Crippen LogP contribution in [0.1, 0.15) is 27.1 Å². The van der Waals surface area contributed by atoms with Gasteiger partial charge in [-0.15, -0.1) is 0 Å². The van der Waals surface area contributed by atoms with E-state index in [1.165, 1.54) is 4.90 Å². The van der Waals surface area contributed by atoms with Gasteiger partial charge in [0.1, 0.15) is 0 Å². The van der Waals surface area contributed by atoms with Gasteiger partial charge in [0.25, 0.3) is 11.8 Å². The zero-order valence-electron chi connectivity index (χ0n) is 16.3. The summed E-state index contributed by atoms with van der Waals surface area (Å²) in [5, 5.41) is 0. The van der Waals surface area contributed by atoms with Gasteiger partial charge >= 0.3 is 0 Å². The Labute approximate surface area is 167 Å². The Morgan fingerprint density at radius 3 is 1.97 bits per heavy atom. The molecule has 0 saturated carbocycles. The standard InChI is InChI=1S/C21H22F3N3O2/c1-25(2)15-6-4-14(5-7-15)20(28)26-10-3-11-27(13-12-26)21(29)16-8-9-17(22)19(24)18(16)23/h4-9H,3,10-13H2,1-2H3. The van der Waals surface area contributed by atoms with Crippen LogP contribution < -0.4 is 4.90 Å². The minimum Gasteiger partial charge on any atom is -0.378 e. The first-order chi connectivity index (χ1) is 13.8. The van der Waals surface area contributed by atoms with Gasteiger partial charge in [-0.25, -0.2) is 13.2 Å². The normalized spacial score (nSPS) is 14.5. The van der Waals surface area contributed by atoms with Crippen molar-refractivity contribution in [2.24, 2.45) is 0 Å². The van der Waals surface area contributed by atoms with E-state index in [1.807, 2.05) is 31.1 Å². The highest BCUT2D eigenvalue weighted by Gasteiger charge is 2.26. The molecule has 1 aliphatic heterocycles. The SMILES string of the molecule is CN(C)c1ccc(C(=O)N2CCCN(C(=O)c3ccc(F)c(F)c3F)CC2)cc1. The number of hydrogen-bond acceptors (Lipinski definition) is 3. The van der Waals surface area contributed by atoms with E-state index in [0.29, 0.717) is 25.1 Å². The fourth-order valence-electron chi connectivity index (χ4n) is 3.27. The zero-order chi connectivity index (χ0) is 21.1. The van der Waals surface area contributed by atoms with Crippen molar-refractivity contribution in [1.82, 2.24) is 9.80 Å². The number of carbonyl (C=O) groups is 2. The molecule has 154 valence electrons. The summed E-state index contributed by atoms with van der Waals surface area (Å²) in [5.41, 5.74) is 1.01. The Bertz CT molecular complexity index is 916. The number of anilines is 1. The molecule has 2 aromatic rings. The summed E-state index contributed by atoms with van der Waals surface area (Å²) < 4.78 is 40.5. The molecule has 1 heterocycles. The van der Waals surface area contributed by atoms with Gasteiger partial charge in [-0.05, 0) is 42.8 Å². The highest BCUT2D eigenvalue weighted by atomic mass is 19.2. The van der Waals surface area contributed by atoms with E-state index in [2.05, 4.69) is 0 Å². The molecule has 1 fully saturated rings. The Hall–Kier alpha value is -3.03. The molecule has 2 aromatic carbocycles. The number of nitrogens with zero attached hydrogens (tertiary/aromatic N) is 3. The van der Waals surface area contributed by atoms with E-state index in [4.69, 9.17) is 0 Å². The van der Waals surface area contributed by atoms with Crippen molar-refractivity contribution in [2.45, 2.75) is 6.42 Å². The van der Waals surface area contributed by atoms with Crippen LogP contribution >= 0.6 is 0 Å². The van der Waals surface area contributed by atoms with Gasteiger partial charge in [0.2, 0.25) is 0 Å². The average Bonchev–Trinajstić information content (AvgIpc) is 2.97. The van der Waals surface area contributed by atoms with Crippen LogP contribution in [0.15, 0.2) is 36.4 Å². The molecule has 1 saturated heterocycles. The van der Waals surface area contributed by atoms with E-state index < -0.39 is 28.9 Å². The number of amides is 2. The lowest BCUT2D eigenvalue weighted by Crippen LogP contribution is -2.37. The molecule has 0 N–H and O–H groups in total. The summed E-state index contributed by atoms with van der Waals surface area (Å²) in [4.78, 5) is 30.3. The summed E-state index contributed by atoms with van der Waals surface area (Å²) in [6, 6.07) is 8.89. The van der Waals surface area contributed by atoms with Gasteiger partial charge in [0.05, 0.1) is 5.56 Å². The van der Waals surface area contributed by atoms with Crippen LogP contribution in [0.3, 0.4) is 0 Å². The maximum atomic E-state index is 14.0. The number of hydrogen-bond donors (Lipinski definition) is 0. The number of rotatable bonds is 3. The number of carbonyl (C=O) groups excluding carboxylic acids is 2. The Kier molecular flexibility index (Phi) is 6.10. The number of halogens is 3. The molecule has 0 unspecified atom stereocenters. The highest BCUT2D eigenvalue weighted by molar-refractivity contribution is 5.96. The second-order valence-corrected chi connectivity index (χ2v) is 7.10. The predicted molar refractivity (Wildman–Crippen MR) is 104 cm³/mol. The lowest BCUT2D eigenvalue weighted by Gasteiger charge is -2.23. The van der Waals surface area contributed by atoms with E-state index in [0.717, 1.165) is 17.8 Å². The third kappa shape index (κ3) is 4.36. The van der Waals surface area contributed by atoms with E-state index in [9.17, 15) is 22.8 Å². The van der Waals surface area contributed by atoms with Crippen molar-refractivity contribution >= 4 is 17.5 Å². The lowest BCUT2D eigenvalue weighted by molar-refractivity contribution is 0.0715. The van der Waals surface area contributed by atoms with Crippen LogP contribution in [0.25, 0.3) is 0 Å². The van der Waals surface area contributed by atoms with Gasteiger partial charge in [-0.1, -0.05) is 0 Å². The molecule has 0 bridgehead atoms. The van der Waals surface area contributed by atoms with Gasteiger partial charge in [0, 0.05) is 51.5 Å². The molecule has 5 nitrogen and oxygen atoms in total. The fourth-order valence-corrected chi connectivity index (χ4v) is 3.27. The highest BCUT2D eigenvalue weighted by Crippen LogP contribution is 2.19. The Morgan fingerprint density at radius 1 is 0.793 bits per heavy atom. The summed E-state index contributed by atoms with van der Waals surface area (Å²) in [6.45, 7) is 1.18. The molecule has 0 atom stereocenters. The molecule has 0 radical (unpaired) electrons. The lowest BCUT2D eigenvalue weighted by atomic mass is 10.1. The first-order valence-corrected chi connectivity index (χ1v) is 9.29. The van der Waals surface area contributed by atoms with Crippen molar-refractivity contribution in [3.8, 4) is 0 Å². The Balaban J connectivity index is 1.69. The molecule has 2 amide bonds. The second kappa shape index (κ2) is 8.55. The van der Waals surface area contributed by atoms with Crippen molar-refractivity contribution in [3.05, 3.63) is 65.0 Å². The van der Waals surface area contributed by atoms with Gasteiger partial charge in [0.15, 0.2) is 17.5 Å². The third-order valence-corrected chi connectivity index (χ3v) is 4.97. The first kappa shape index (κ1) is 20.7. The van der Waals surface area contributed by atoms with Crippen LogP contribution in [0, 0.1) is 17.5 Å². The predicted octanol–water partition coefficient (Wildman–Crippen LogP) is 3.16. The summed E-state index contributed by atoms with van der Waals surface area (Å²) in [6.07, 6.45) is 0.499. The van der Waals surface area contributed by atoms with Gasteiger partial charge in [-0.2, -0.15) is 0 Å². The van der Waals surface area contributed by atoms with Gasteiger partial charge < -0.3 is 14.7 Å². The maximum Gasteiger partial charge on any atom is 0.257 e. The van der Waals surface area contributed by atoms with Crippen LogP contribution in [0.5, 0.6) is 0 Å². The topological polar surface area (TPSA) is 43.9 Å². The summed E-state index contributed by atoms with van der Waals surface area (Å²) >= 11 is 0. The van der Waals surface area contributed by atoms with E-state index in [-0.39, 0.29) is 19.0 Å². The van der Waals surface area contributed by atoms with Crippen molar-refractivity contribution in [2.75, 3.05) is 45.2 Å². The summed E-state index contributed by atoms with van der Waals surface area (Å²) in [5.74, 6) is -5.36. The molecular weight excluding hydrogens is 383 g/mol. The second-order valence-electron chi connectivity index (χ2n) is 7.10. The quantitative estimate of drug-likeness (QED) is 0.737. The van der Waals surface area contributed by atoms with Crippen molar-refractivity contribution < 1.29 is 22.8 Å².